The third-order valence-electron chi connectivity index (χ3n) is 3.45. The number of halogens is 1. The van der Waals surface area contributed by atoms with Crippen LogP contribution >= 0.6 is 24.0 Å². The number of guanidine groups is 1. The molecule has 0 rings (SSSR count). The van der Waals surface area contributed by atoms with Crippen molar-refractivity contribution in [2.24, 2.45) is 10.4 Å². The molecule has 1 unspecified atom stereocenters. The summed E-state index contributed by atoms with van der Waals surface area (Å²) in [5, 5.41) is 6.44. The molecular formula is C18H39IN4O3. The van der Waals surface area contributed by atoms with Crippen LogP contribution in [-0.4, -0.2) is 69.0 Å². The molecular weight excluding hydrogens is 447 g/mol. The van der Waals surface area contributed by atoms with E-state index in [1.807, 2.05) is 27.7 Å². The third-order valence-corrected chi connectivity index (χ3v) is 3.45. The molecule has 0 aliphatic rings. The number of hydrogen-bond donors (Lipinski definition) is 2. The van der Waals surface area contributed by atoms with Crippen molar-refractivity contribution in [3.8, 4) is 0 Å². The van der Waals surface area contributed by atoms with Gasteiger partial charge in [-0.3, -0.25) is 4.99 Å². The van der Waals surface area contributed by atoms with Crippen molar-refractivity contribution in [2.75, 3.05) is 40.3 Å². The van der Waals surface area contributed by atoms with Crippen LogP contribution in [-0.2, 0) is 9.47 Å². The van der Waals surface area contributed by atoms with E-state index in [0.29, 0.717) is 25.6 Å². The Balaban J connectivity index is 0. The molecule has 156 valence electrons. The molecule has 0 heterocycles. The highest BCUT2D eigenvalue weighted by molar-refractivity contribution is 14.0. The summed E-state index contributed by atoms with van der Waals surface area (Å²) in [6.07, 6.45) is -0.296. The predicted octanol–water partition coefficient (Wildman–Crippen LogP) is 3.09. The zero-order valence-corrected chi connectivity index (χ0v) is 20.3. The summed E-state index contributed by atoms with van der Waals surface area (Å²) in [4.78, 5) is 18.1. The van der Waals surface area contributed by atoms with E-state index >= 15 is 0 Å². The standard InChI is InChI=1S/C18H38N4O3.HI/c1-10-19-15(21-13-14(24-9)17(2,3)4)20-11-12-22(8)16(23)25-18(5,6)7;/h14H,10-13H2,1-9H3,(H2,19,20,21);1H. The van der Waals surface area contributed by atoms with Crippen molar-refractivity contribution in [2.45, 2.75) is 60.2 Å². The van der Waals surface area contributed by atoms with Gasteiger partial charge >= 0.3 is 6.09 Å². The molecule has 0 aliphatic heterocycles. The monoisotopic (exact) mass is 486 g/mol. The van der Waals surface area contributed by atoms with Crippen molar-refractivity contribution < 1.29 is 14.3 Å². The zero-order valence-electron chi connectivity index (χ0n) is 17.9. The Morgan fingerprint density at radius 2 is 1.73 bits per heavy atom. The van der Waals surface area contributed by atoms with E-state index in [1.165, 1.54) is 0 Å². The highest BCUT2D eigenvalue weighted by atomic mass is 127. The fourth-order valence-corrected chi connectivity index (χ4v) is 1.99. The lowest BCUT2D eigenvalue weighted by Gasteiger charge is -2.28. The van der Waals surface area contributed by atoms with Crippen LogP contribution in [0.1, 0.15) is 48.5 Å². The minimum atomic E-state index is -0.489. The third kappa shape index (κ3) is 12.6. The minimum Gasteiger partial charge on any atom is -0.444 e. The van der Waals surface area contributed by atoms with Crippen LogP contribution in [0.3, 0.4) is 0 Å². The average molecular weight is 486 g/mol. The summed E-state index contributed by atoms with van der Waals surface area (Å²) in [7, 11) is 3.43. The number of nitrogens with one attached hydrogen (secondary N) is 2. The second-order valence-corrected chi connectivity index (χ2v) is 8.14. The van der Waals surface area contributed by atoms with Gasteiger partial charge in [-0.15, -0.1) is 24.0 Å². The van der Waals surface area contributed by atoms with E-state index in [9.17, 15) is 4.79 Å². The lowest BCUT2D eigenvalue weighted by molar-refractivity contribution is 0.0241. The number of methoxy groups -OCH3 is 1. The molecule has 0 saturated carbocycles. The summed E-state index contributed by atoms with van der Waals surface area (Å²) in [5.74, 6) is 0.714. The first-order valence-corrected chi connectivity index (χ1v) is 8.89. The maximum Gasteiger partial charge on any atom is 0.410 e. The Morgan fingerprint density at radius 1 is 1.15 bits per heavy atom. The molecule has 26 heavy (non-hydrogen) atoms. The van der Waals surface area contributed by atoms with Crippen LogP contribution in [0, 0.1) is 5.41 Å². The summed E-state index contributed by atoms with van der Waals surface area (Å²) in [6.45, 7) is 16.4. The second-order valence-electron chi connectivity index (χ2n) is 8.14. The first kappa shape index (κ1) is 27.4. The summed E-state index contributed by atoms with van der Waals surface area (Å²) in [5.41, 5.74) is -0.468. The van der Waals surface area contributed by atoms with Gasteiger partial charge in [-0.05, 0) is 33.1 Å². The average Bonchev–Trinajstić information content (AvgIpc) is 2.44. The van der Waals surface area contributed by atoms with Gasteiger partial charge in [-0.2, -0.15) is 0 Å². The largest absolute Gasteiger partial charge is 0.444 e. The molecule has 8 heteroatoms. The molecule has 0 aromatic heterocycles. The number of hydrogen-bond acceptors (Lipinski definition) is 4. The summed E-state index contributed by atoms with van der Waals surface area (Å²) in [6, 6.07) is 0. The lowest BCUT2D eigenvalue weighted by Crippen LogP contribution is -2.43. The summed E-state index contributed by atoms with van der Waals surface area (Å²) >= 11 is 0. The normalized spacial score (nSPS) is 13.5. The van der Waals surface area contributed by atoms with Gasteiger partial charge in [-0.1, -0.05) is 20.8 Å². The Labute approximate surface area is 176 Å². The van der Waals surface area contributed by atoms with Gasteiger partial charge in [0.2, 0.25) is 0 Å². The van der Waals surface area contributed by atoms with E-state index < -0.39 is 5.60 Å². The fourth-order valence-electron chi connectivity index (χ4n) is 1.99. The van der Waals surface area contributed by atoms with Gasteiger partial charge in [-0.25, -0.2) is 4.79 Å². The second kappa shape index (κ2) is 12.6. The maximum atomic E-state index is 11.9. The smallest absolute Gasteiger partial charge is 0.410 e. The number of nitrogens with zero attached hydrogens (tertiary/aromatic N) is 2. The molecule has 0 radical (unpaired) electrons. The molecule has 0 fully saturated rings. The molecule has 1 amide bonds. The quantitative estimate of drug-likeness (QED) is 0.329. The van der Waals surface area contributed by atoms with Crippen LogP contribution in [0.4, 0.5) is 4.79 Å². The first-order valence-electron chi connectivity index (χ1n) is 8.89. The topological polar surface area (TPSA) is 75.2 Å². The van der Waals surface area contributed by atoms with Crippen molar-refractivity contribution >= 4 is 36.0 Å². The number of ether oxygens (including phenoxy) is 2. The van der Waals surface area contributed by atoms with E-state index in [1.54, 1.807) is 19.1 Å². The number of carbonyl (C=O) groups is 1. The molecule has 0 saturated heterocycles. The molecule has 0 spiro atoms. The Bertz CT molecular complexity index is 431. The van der Waals surface area contributed by atoms with Gasteiger partial charge in [0.25, 0.3) is 0 Å². The van der Waals surface area contributed by atoms with E-state index in [0.717, 1.165) is 6.54 Å². The predicted molar refractivity (Wildman–Crippen MR) is 119 cm³/mol. The zero-order chi connectivity index (χ0) is 19.7. The number of likely N-dealkylation sites (N-methyl/N-ethyl adjacent to an activating group) is 1. The molecule has 0 aliphatic carbocycles. The molecule has 0 aromatic carbocycles. The minimum absolute atomic E-state index is 0. The molecule has 0 bridgehead atoms. The highest BCUT2D eigenvalue weighted by Crippen LogP contribution is 2.21. The van der Waals surface area contributed by atoms with Crippen LogP contribution in [0.25, 0.3) is 0 Å². The van der Waals surface area contributed by atoms with Crippen LogP contribution in [0.15, 0.2) is 4.99 Å². The number of carbonyl (C=O) groups excluding carboxylic acids is 1. The van der Waals surface area contributed by atoms with Crippen molar-refractivity contribution in [3.05, 3.63) is 0 Å². The molecule has 0 aromatic rings. The lowest BCUT2D eigenvalue weighted by atomic mass is 9.89. The van der Waals surface area contributed by atoms with Crippen molar-refractivity contribution in [3.63, 3.8) is 0 Å². The van der Waals surface area contributed by atoms with E-state index in [4.69, 9.17) is 9.47 Å². The number of rotatable bonds is 7. The Kier molecular flexibility index (Phi) is 13.3. The summed E-state index contributed by atoms with van der Waals surface area (Å²) < 4.78 is 10.9. The van der Waals surface area contributed by atoms with Gasteiger partial charge in [0.15, 0.2) is 5.96 Å². The SMILES string of the molecule is CCNC(=NCC(OC)C(C)(C)C)NCCN(C)C(=O)OC(C)(C)C.I. The van der Waals surface area contributed by atoms with Gasteiger partial charge in [0.05, 0.1) is 12.6 Å². The number of aliphatic imine (C=N–C) groups is 1. The first-order chi connectivity index (χ1) is 11.4. The van der Waals surface area contributed by atoms with Gasteiger partial charge < -0.3 is 25.0 Å². The number of amides is 1. The fraction of sp³-hybridized carbons (Fsp3) is 0.889. The van der Waals surface area contributed by atoms with Crippen molar-refractivity contribution in [1.29, 1.82) is 0 Å². The van der Waals surface area contributed by atoms with Gasteiger partial charge in [0.1, 0.15) is 5.60 Å². The van der Waals surface area contributed by atoms with E-state index in [2.05, 4.69) is 36.4 Å². The molecule has 7 nitrogen and oxygen atoms in total. The van der Waals surface area contributed by atoms with Crippen LogP contribution in [0.5, 0.6) is 0 Å². The molecule has 2 N–H and O–H groups in total. The Hall–Kier alpha value is -0.770. The van der Waals surface area contributed by atoms with E-state index in [-0.39, 0.29) is 41.6 Å². The van der Waals surface area contributed by atoms with Crippen LogP contribution < -0.4 is 10.6 Å². The highest BCUT2D eigenvalue weighted by Gasteiger charge is 2.24. The maximum absolute atomic E-state index is 11.9. The molecule has 1 atom stereocenters. The van der Waals surface area contributed by atoms with Crippen LogP contribution in [0.2, 0.25) is 0 Å². The van der Waals surface area contributed by atoms with Crippen molar-refractivity contribution in [1.82, 2.24) is 15.5 Å². The van der Waals surface area contributed by atoms with Gasteiger partial charge in [0, 0.05) is 33.8 Å². The Morgan fingerprint density at radius 3 is 2.15 bits per heavy atom.